The van der Waals surface area contributed by atoms with Crippen LogP contribution in [0.4, 0.5) is 0 Å². The van der Waals surface area contributed by atoms with Crippen LogP contribution in [-0.4, -0.2) is 36.5 Å². The Labute approximate surface area is 789 Å². The maximum absolute atomic E-state index is 2.44. The quantitative estimate of drug-likeness (QED) is 0.0925. The molecule has 0 radical (unpaired) electrons. The fourth-order valence-corrected chi connectivity index (χ4v) is 20.7. The van der Waals surface area contributed by atoms with Crippen molar-refractivity contribution in [2.75, 3.05) is 0 Å². The van der Waals surface area contributed by atoms with E-state index in [1.165, 1.54) is 155 Å². The molecule has 18 aromatic carbocycles. The topological polar surface area (TPSA) is 39.4 Å². The minimum Gasteiger partial charge on any atom is -0.309 e. The van der Waals surface area contributed by atoms with Crippen LogP contribution < -0.4 is 0 Å². The van der Waals surface area contributed by atoms with Crippen molar-refractivity contribution < 1.29 is 0 Å². The highest BCUT2D eigenvalue weighted by atomic mass is 15.1. The summed E-state index contributed by atoms with van der Waals surface area (Å²) in [5.41, 5.74) is 42.0. The van der Waals surface area contributed by atoms with Crippen LogP contribution in [0.1, 0.15) is 22.3 Å². The number of rotatable bonds is 16. The Hall–Kier alpha value is -17.7. The van der Waals surface area contributed by atoms with Gasteiger partial charge in [-0.25, -0.2) is 0 Å². The Bertz CT molecular complexity index is 7950. The van der Waals surface area contributed by atoms with Gasteiger partial charge in [-0.05, 0) is 266 Å². The Morgan fingerprint density at radius 1 is 0.110 bits per heavy atom. The van der Waals surface area contributed by atoms with Crippen molar-refractivity contribution in [1.29, 1.82) is 0 Å². The van der Waals surface area contributed by atoms with Crippen LogP contribution in [0.15, 0.2) is 485 Å². The average Bonchev–Trinajstić information content (AvgIpc) is 1.57. The van der Waals surface area contributed by atoms with Crippen LogP contribution >= 0.6 is 0 Å². The van der Waals surface area contributed by atoms with Gasteiger partial charge in [-0.2, -0.15) is 0 Å². The van der Waals surface area contributed by atoms with Gasteiger partial charge in [0.15, 0.2) is 0 Å². The van der Waals surface area contributed by atoms with E-state index in [1.807, 2.05) is 0 Å². The molecule has 0 atom stereocenters. The van der Waals surface area contributed by atoms with E-state index in [9.17, 15) is 0 Å². The maximum atomic E-state index is 2.44. The van der Waals surface area contributed by atoms with Crippen molar-refractivity contribution in [2.45, 2.75) is 27.7 Å². The van der Waals surface area contributed by atoms with Crippen molar-refractivity contribution in [3.8, 4) is 136 Å². The molecule has 0 saturated carbocycles. The molecule has 0 aliphatic carbocycles. The third kappa shape index (κ3) is 14.2. The third-order valence-electron chi connectivity index (χ3n) is 27.4. The molecule has 26 rings (SSSR count). The monoisotopic (exact) mass is 1740 g/mol. The Morgan fingerprint density at radius 2 is 0.250 bits per heavy atom. The molecule has 0 unspecified atom stereocenters. The van der Waals surface area contributed by atoms with E-state index in [0.717, 1.165) is 90.3 Å². The zero-order valence-corrected chi connectivity index (χ0v) is 75.8. The fourth-order valence-electron chi connectivity index (χ4n) is 20.7. The summed E-state index contributed by atoms with van der Waals surface area (Å²) in [6.07, 6.45) is 0. The normalized spacial score (nSPS) is 11.7. The minimum absolute atomic E-state index is 1.11. The van der Waals surface area contributed by atoms with Crippen LogP contribution in [0.5, 0.6) is 0 Å². The number of aryl methyl sites for hydroxylation is 4. The molecule has 0 amide bonds. The molecular weight excluding hydrogens is 1650 g/mol. The second-order valence-corrected chi connectivity index (χ2v) is 36.1. The van der Waals surface area contributed by atoms with Gasteiger partial charge in [0.2, 0.25) is 0 Å². The van der Waals surface area contributed by atoms with E-state index < -0.39 is 0 Å². The molecule has 26 aromatic rings. The average molecular weight is 1740 g/mol. The van der Waals surface area contributed by atoms with E-state index in [-0.39, 0.29) is 0 Å². The number of hydrogen-bond donors (Lipinski definition) is 0. The molecular formula is C128H92N8. The first kappa shape index (κ1) is 80.4. The van der Waals surface area contributed by atoms with Crippen molar-refractivity contribution >= 4 is 87.2 Å². The van der Waals surface area contributed by atoms with Gasteiger partial charge < -0.3 is 36.5 Å². The molecule has 0 aliphatic rings. The first-order valence-electron chi connectivity index (χ1n) is 46.8. The second kappa shape index (κ2) is 33.3. The Morgan fingerprint density at radius 3 is 0.426 bits per heavy atom. The summed E-state index contributed by atoms with van der Waals surface area (Å²) >= 11 is 0. The highest BCUT2D eigenvalue weighted by molar-refractivity contribution is 6.05. The smallest absolute Gasteiger partial charge is 0.0542 e. The van der Waals surface area contributed by atoms with Gasteiger partial charge in [0.25, 0.3) is 0 Å². The molecule has 0 aliphatic heterocycles. The number of para-hydroxylation sites is 4. The molecule has 8 heteroatoms. The molecule has 8 aromatic heterocycles. The number of fused-ring (bicyclic) bond motifs is 8. The van der Waals surface area contributed by atoms with Gasteiger partial charge in [-0.15, -0.1) is 0 Å². The summed E-state index contributed by atoms with van der Waals surface area (Å²) in [6.45, 7) is 8.61. The molecule has 8 nitrogen and oxygen atoms in total. The van der Waals surface area contributed by atoms with Gasteiger partial charge in [0.1, 0.15) is 0 Å². The third-order valence-corrected chi connectivity index (χ3v) is 27.4. The molecule has 0 N–H and O–H groups in total. The van der Waals surface area contributed by atoms with Crippen LogP contribution in [0.25, 0.3) is 223 Å². The lowest BCUT2D eigenvalue weighted by Crippen LogP contribution is -2.00. The summed E-state index contributed by atoms with van der Waals surface area (Å²) in [5, 5.41) is 9.59. The largest absolute Gasteiger partial charge is 0.309 e. The lowest BCUT2D eigenvalue weighted by molar-refractivity contribution is 1.10. The first-order chi connectivity index (χ1) is 67.0. The number of aromatic nitrogens is 8. The molecule has 136 heavy (non-hydrogen) atoms. The van der Waals surface area contributed by atoms with Gasteiger partial charge in [0.05, 0.1) is 89.7 Å². The zero-order valence-electron chi connectivity index (χ0n) is 75.8. The number of benzene rings is 18. The van der Waals surface area contributed by atoms with Gasteiger partial charge in [0, 0.05) is 88.6 Å². The van der Waals surface area contributed by atoms with Crippen molar-refractivity contribution in [1.82, 2.24) is 36.5 Å². The summed E-state index contributed by atoms with van der Waals surface area (Å²) in [5.74, 6) is 0. The lowest BCUT2D eigenvalue weighted by Gasteiger charge is -2.16. The summed E-state index contributed by atoms with van der Waals surface area (Å²) in [4.78, 5) is 0. The predicted molar refractivity (Wildman–Crippen MR) is 570 cm³/mol. The molecule has 644 valence electrons. The highest BCUT2D eigenvalue weighted by Gasteiger charge is 2.26. The van der Waals surface area contributed by atoms with E-state index in [0.29, 0.717) is 0 Å². The SMILES string of the molecule is Cc1ccc(-c2cc3cc4c(cc(-c5ccc(C)cc5)n4-c4ccc(-n5c(-c6ccccc6)cc6ccccc65)cc4)cc3n2-c2ccc(-n3c(-c4ccccc4)cc4ccccc43)cc2)cc1.Cc1ccc(-c2cc3cc4c(cc(-c5ccc(C)cc5)n4-c4ccc(-n5c(-c6ccccc6)cc6ccccc65)cc4)cc3n2-c2ccc(-n3c(-c4ccccc4)cc4ccccc43)cc2)cc1. The van der Waals surface area contributed by atoms with Crippen molar-refractivity contribution in [3.05, 3.63) is 508 Å². The molecule has 0 bridgehead atoms. The maximum Gasteiger partial charge on any atom is 0.0542 e. The summed E-state index contributed by atoms with van der Waals surface area (Å²) < 4.78 is 19.3. The molecule has 8 heterocycles. The van der Waals surface area contributed by atoms with E-state index in [4.69, 9.17) is 0 Å². The predicted octanol–water partition coefficient (Wildman–Crippen LogP) is 33.5. The van der Waals surface area contributed by atoms with Gasteiger partial charge in [-0.3, -0.25) is 0 Å². The molecule has 0 spiro atoms. The molecule has 0 fully saturated rings. The second-order valence-electron chi connectivity index (χ2n) is 36.1. The summed E-state index contributed by atoms with van der Waals surface area (Å²) in [6, 6.07) is 178. The van der Waals surface area contributed by atoms with E-state index in [1.54, 1.807) is 0 Å². The Kier molecular flexibility index (Phi) is 19.7. The van der Waals surface area contributed by atoms with Gasteiger partial charge in [-0.1, -0.05) is 313 Å². The highest BCUT2D eigenvalue weighted by Crippen LogP contribution is 2.45. The standard InChI is InChI=1S/2C64H46N4/c2*1-43-21-25-47(26-22-43)61-39-51-41-64-52(42-63(51)67(61)55-33-29-53(30-34-55)65-57-19-11-9-17-49(57)37-59(65)45-13-5-3-6-14-45)40-62(48-27-23-44(2)24-28-48)68(64)56-35-31-54(32-36-56)66-58-20-12-10-18-50(58)38-60(66)46-15-7-4-8-16-46/h2*3-42H,1-2H3. The molecule has 0 saturated heterocycles. The fraction of sp³-hybridized carbons (Fsp3) is 0.0312. The van der Waals surface area contributed by atoms with Crippen LogP contribution in [0.3, 0.4) is 0 Å². The van der Waals surface area contributed by atoms with E-state index in [2.05, 4.69) is 550 Å². The van der Waals surface area contributed by atoms with Crippen LogP contribution in [0.2, 0.25) is 0 Å². The van der Waals surface area contributed by atoms with E-state index >= 15 is 0 Å². The zero-order chi connectivity index (χ0) is 90.6. The first-order valence-corrected chi connectivity index (χ1v) is 46.8. The lowest BCUT2D eigenvalue weighted by atomic mass is 10.1. The van der Waals surface area contributed by atoms with Gasteiger partial charge >= 0.3 is 0 Å². The van der Waals surface area contributed by atoms with Crippen LogP contribution in [-0.2, 0) is 0 Å². The summed E-state index contributed by atoms with van der Waals surface area (Å²) in [7, 11) is 0. The minimum atomic E-state index is 1.11. The van der Waals surface area contributed by atoms with Crippen molar-refractivity contribution in [2.24, 2.45) is 0 Å². The number of nitrogens with zero attached hydrogens (tertiary/aromatic N) is 8. The number of hydrogen-bond acceptors (Lipinski definition) is 0. The van der Waals surface area contributed by atoms with Crippen LogP contribution in [0, 0.1) is 27.7 Å². The Balaban J connectivity index is 0.000000145. The van der Waals surface area contributed by atoms with Crippen molar-refractivity contribution in [3.63, 3.8) is 0 Å².